The molecule has 20 heavy (non-hydrogen) atoms. The molecule has 1 aliphatic heterocycles. The molecule has 0 radical (unpaired) electrons. The van der Waals surface area contributed by atoms with E-state index in [1.807, 2.05) is 13.8 Å². The van der Waals surface area contributed by atoms with Gasteiger partial charge >= 0.3 is 0 Å². The molecule has 0 aromatic carbocycles. The molecule has 1 aromatic rings. The average Bonchev–Trinajstić information content (AvgIpc) is 3.11. The van der Waals surface area contributed by atoms with E-state index in [-0.39, 0.29) is 17.6 Å². The van der Waals surface area contributed by atoms with Crippen LogP contribution in [0.15, 0.2) is 0 Å². The van der Waals surface area contributed by atoms with Crippen LogP contribution in [-0.2, 0) is 4.74 Å². The minimum atomic E-state index is -0.188. The Morgan fingerprint density at radius 3 is 2.85 bits per heavy atom. The molecule has 2 aliphatic rings. The molecule has 1 atom stereocenters. The fraction of sp³-hybridized carbons (Fsp3) is 0.714. The van der Waals surface area contributed by atoms with Crippen LogP contribution in [0.1, 0.15) is 61.6 Å². The summed E-state index contributed by atoms with van der Waals surface area (Å²) in [5, 5.41) is 10.0. The lowest BCUT2D eigenvalue weighted by molar-refractivity contribution is -0.0615. The molecule has 1 saturated carbocycles. The predicted octanol–water partition coefficient (Wildman–Crippen LogP) is 1.56. The van der Waals surface area contributed by atoms with Crippen LogP contribution in [0.3, 0.4) is 0 Å². The highest BCUT2D eigenvalue weighted by Gasteiger charge is 2.33. The highest BCUT2D eigenvalue weighted by atomic mass is 16.5. The lowest BCUT2D eigenvalue weighted by Gasteiger charge is -2.35. The Balaban J connectivity index is 1.67. The SMILES string of the molecule is CC1(C)CC(NC(=O)c2n[nH]c(C3CC3)c2N)CCO1. The number of aromatic nitrogens is 2. The molecule has 1 aromatic heterocycles. The van der Waals surface area contributed by atoms with Gasteiger partial charge in [-0.3, -0.25) is 9.89 Å². The fourth-order valence-corrected chi connectivity index (χ4v) is 2.83. The number of amides is 1. The van der Waals surface area contributed by atoms with Crippen LogP contribution in [-0.4, -0.2) is 34.4 Å². The molecule has 2 fully saturated rings. The fourth-order valence-electron chi connectivity index (χ4n) is 2.83. The van der Waals surface area contributed by atoms with Gasteiger partial charge in [-0.15, -0.1) is 0 Å². The van der Waals surface area contributed by atoms with Gasteiger partial charge in [0.05, 0.1) is 17.0 Å². The van der Waals surface area contributed by atoms with Crippen LogP contribution in [0.5, 0.6) is 0 Å². The molecule has 110 valence electrons. The maximum atomic E-state index is 12.3. The first-order valence-corrected chi connectivity index (χ1v) is 7.25. The van der Waals surface area contributed by atoms with Gasteiger partial charge in [-0.05, 0) is 39.5 Å². The van der Waals surface area contributed by atoms with Crippen molar-refractivity contribution in [2.45, 2.75) is 57.1 Å². The Morgan fingerprint density at radius 1 is 1.45 bits per heavy atom. The van der Waals surface area contributed by atoms with Crippen LogP contribution < -0.4 is 11.1 Å². The Labute approximate surface area is 118 Å². The first-order valence-electron chi connectivity index (χ1n) is 7.25. The van der Waals surface area contributed by atoms with Crippen molar-refractivity contribution in [3.8, 4) is 0 Å². The first-order chi connectivity index (χ1) is 9.46. The Bertz CT molecular complexity index is 519. The second-order valence-corrected chi connectivity index (χ2v) is 6.45. The molecule has 2 heterocycles. The number of nitrogens with zero attached hydrogens (tertiary/aromatic N) is 1. The zero-order chi connectivity index (χ0) is 14.3. The number of nitrogens with one attached hydrogen (secondary N) is 2. The molecule has 1 unspecified atom stereocenters. The van der Waals surface area contributed by atoms with Crippen LogP contribution in [0.25, 0.3) is 0 Å². The number of nitrogens with two attached hydrogens (primary N) is 1. The van der Waals surface area contributed by atoms with E-state index in [0.717, 1.165) is 31.4 Å². The molecule has 1 amide bonds. The summed E-state index contributed by atoms with van der Waals surface area (Å²) in [6, 6.07) is 0.117. The lowest BCUT2D eigenvalue weighted by atomic mass is 9.94. The maximum Gasteiger partial charge on any atom is 0.274 e. The zero-order valence-corrected chi connectivity index (χ0v) is 12.0. The second-order valence-electron chi connectivity index (χ2n) is 6.45. The number of hydrogen-bond acceptors (Lipinski definition) is 4. The largest absolute Gasteiger partial charge is 0.395 e. The summed E-state index contributed by atoms with van der Waals surface area (Å²) >= 11 is 0. The number of aromatic amines is 1. The second kappa shape index (κ2) is 4.77. The van der Waals surface area contributed by atoms with E-state index in [2.05, 4.69) is 15.5 Å². The lowest BCUT2D eigenvalue weighted by Crippen LogP contribution is -2.46. The number of anilines is 1. The summed E-state index contributed by atoms with van der Waals surface area (Å²) in [5.74, 6) is 0.277. The van der Waals surface area contributed by atoms with Crippen molar-refractivity contribution in [3.05, 3.63) is 11.4 Å². The number of carbonyl (C=O) groups excluding carboxylic acids is 1. The van der Waals surface area contributed by atoms with E-state index < -0.39 is 0 Å². The molecular formula is C14H22N4O2. The quantitative estimate of drug-likeness (QED) is 0.782. The van der Waals surface area contributed by atoms with Gasteiger partial charge in [0.15, 0.2) is 5.69 Å². The Hall–Kier alpha value is -1.56. The molecule has 1 saturated heterocycles. The highest BCUT2D eigenvalue weighted by Crippen LogP contribution is 2.42. The number of ether oxygens (including phenoxy) is 1. The van der Waals surface area contributed by atoms with Gasteiger partial charge in [0.2, 0.25) is 0 Å². The number of hydrogen-bond donors (Lipinski definition) is 3. The highest BCUT2D eigenvalue weighted by molar-refractivity contribution is 5.97. The summed E-state index contributed by atoms with van der Waals surface area (Å²) in [7, 11) is 0. The van der Waals surface area contributed by atoms with Crippen molar-refractivity contribution in [2.75, 3.05) is 12.3 Å². The molecule has 4 N–H and O–H groups in total. The first kappa shape index (κ1) is 13.4. The van der Waals surface area contributed by atoms with Gasteiger partial charge in [0, 0.05) is 18.6 Å². The molecule has 0 bridgehead atoms. The summed E-state index contributed by atoms with van der Waals surface area (Å²) in [6.45, 7) is 4.75. The zero-order valence-electron chi connectivity index (χ0n) is 12.0. The van der Waals surface area contributed by atoms with Crippen LogP contribution in [0, 0.1) is 0 Å². The van der Waals surface area contributed by atoms with E-state index in [0.29, 0.717) is 23.9 Å². The van der Waals surface area contributed by atoms with Crippen molar-refractivity contribution in [3.63, 3.8) is 0 Å². The monoisotopic (exact) mass is 278 g/mol. The molecular weight excluding hydrogens is 256 g/mol. The third kappa shape index (κ3) is 2.65. The third-order valence-electron chi connectivity index (χ3n) is 4.07. The molecule has 6 nitrogen and oxygen atoms in total. The molecule has 1 aliphatic carbocycles. The van der Waals surface area contributed by atoms with E-state index in [9.17, 15) is 4.79 Å². The number of rotatable bonds is 3. The van der Waals surface area contributed by atoms with Gasteiger partial charge < -0.3 is 15.8 Å². The van der Waals surface area contributed by atoms with Crippen LogP contribution >= 0.6 is 0 Å². The van der Waals surface area contributed by atoms with Gasteiger partial charge in [-0.25, -0.2) is 0 Å². The van der Waals surface area contributed by atoms with E-state index >= 15 is 0 Å². The Morgan fingerprint density at radius 2 is 2.20 bits per heavy atom. The van der Waals surface area contributed by atoms with Crippen LogP contribution in [0.2, 0.25) is 0 Å². The van der Waals surface area contributed by atoms with E-state index in [1.165, 1.54) is 0 Å². The summed E-state index contributed by atoms with van der Waals surface area (Å²) in [5.41, 5.74) is 7.60. The van der Waals surface area contributed by atoms with Crippen molar-refractivity contribution >= 4 is 11.6 Å². The van der Waals surface area contributed by atoms with E-state index in [1.54, 1.807) is 0 Å². The van der Waals surface area contributed by atoms with Gasteiger partial charge in [0.1, 0.15) is 0 Å². The number of H-pyrrole nitrogens is 1. The third-order valence-corrected chi connectivity index (χ3v) is 4.07. The number of carbonyl (C=O) groups is 1. The van der Waals surface area contributed by atoms with Gasteiger partial charge in [-0.1, -0.05) is 0 Å². The normalized spacial score (nSPS) is 25.4. The van der Waals surface area contributed by atoms with Crippen molar-refractivity contribution in [1.82, 2.24) is 15.5 Å². The predicted molar refractivity (Wildman–Crippen MR) is 75.5 cm³/mol. The summed E-state index contributed by atoms with van der Waals surface area (Å²) in [6.07, 6.45) is 3.89. The molecule has 6 heteroatoms. The number of nitrogen functional groups attached to an aromatic ring is 1. The van der Waals surface area contributed by atoms with Crippen LogP contribution in [0.4, 0.5) is 5.69 Å². The van der Waals surface area contributed by atoms with Gasteiger partial charge in [-0.2, -0.15) is 5.10 Å². The Kier molecular flexibility index (Phi) is 3.20. The minimum Gasteiger partial charge on any atom is -0.395 e. The van der Waals surface area contributed by atoms with Gasteiger partial charge in [0.25, 0.3) is 5.91 Å². The maximum absolute atomic E-state index is 12.3. The summed E-state index contributed by atoms with van der Waals surface area (Å²) in [4.78, 5) is 12.3. The topological polar surface area (TPSA) is 93.0 Å². The van der Waals surface area contributed by atoms with E-state index in [4.69, 9.17) is 10.5 Å². The van der Waals surface area contributed by atoms with Crippen molar-refractivity contribution in [1.29, 1.82) is 0 Å². The minimum absolute atomic E-state index is 0.117. The molecule has 3 rings (SSSR count). The molecule has 0 spiro atoms. The summed E-state index contributed by atoms with van der Waals surface area (Å²) < 4.78 is 5.65. The standard InChI is InChI=1S/C14H22N4O2/c1-14(2)7-9(5-6-20-14)16-13(19)12-10(15)11(17-18-12)8-3-4-8/h8-9H,3-7,15H2,1-2H3,(H,16,19)(H,17,18). The average molecular weight is 278 g/mol. The van der Waals surface area contributed by atoms with Crippen molar-refractivity contribution < 1.29 is 9.53 Å². The smallest absolute Gasteiger partial charge is 0.274 e. The van der Waals surface area contributed by atoms with Crippen molar-refractivity contribution in [2.24, 2.45) is 0 Å².